The van der Waals surface area contributed by atoms with Crippen molar-refractivity contribution in [2.24, 2.45) is 5.73 Å². The standard InChI is InChI=1S/C48H85N3O3.2ClH/c1-3-5-7-9-11-13-15-17-19-21-23-29-37-53-42-46(54-38-30-24-22-20-18-16-14-12-10-8-6-4-2)41-51-48(52)47(33-27-28-36-49)50-40-43-34-35-44-31-25-26-32-45(44)39-43;;/h25-26,31-32,34-35,39,46-47,50H,3-24,27-30,33,36-38,40-42,49H2,1-2H3,(H,51,52);2*1H/t46?,47-;;/m0../s1. The molecule has 4 N–H and O–H groups in total. The summed E-state index contributed by atoms with van der Waals surface area (Å²) in [5.74, 6) is 0.0349. The molecule has 326 valence electrons. The molecule has 0 aliphatic rings. The van der Waals surface area contributed by atoms with E-state index in [2.05, 4.69) is 66.9 Å². The molecule has 0 aromatic heterocycles. The molecule has 2 aromatic carbocycles. The molecule has 0 aliphatic heterocycles. The fourth-order valence-electron chi connectivity index (χ4n) is 7.36. The van der Waals surface area contributed by atoms with Crippen LogP contribution in [0.4, 0.5) is 0 Å². The number of nitrogens with two attached hydrogens (primary N) is 1. The monoisotopic (exact) mass is 824 g/mol. The number of unbranched alkanes of at least 4 members (excludes halogenated alkanes) is 23. The van der Waals surface area contributed by atoms with Gasteiger partial charge in [-0.05, 0) is 54.6 Å². The fourth-order valence-corrected chi connectivity index (χ4v) is 7.36. The summed E-state index contributed by atoms with van der Waals surface area (Å²) in [5, 5.41) is 9.24. The van der Waals surface area contributed by atoms with Crippen LogP contribution in [0, 0.1) is 0 Å². The van der Waals surface area contributed by atoms with E-state index in [1.54, 1.807) is 0 Å². The molecule has 8 heteroatoms. The largest absolute Gasteiger partial charge is 0.379 e. The van der Waals surface area contributed by atoms with Gasteiger partial charge in [0.2, 0.25) is 5.91 Å². The number of fused-ring (bicyclic) bond motifs is 1. The van der Waals surface area contributed by atoms with E-state index in [9.17, 15) is 4.79 Å². The predicted octanol–water partition coefficient (Wildman–Crippen LogP) is 13.2. The molecule has 0 saturated carbocycles. The van der Waals surface area contributed by atoms with Gasteiger partial charge in [0.1, 0.15) is 0 Å². The summed E-state index contributed by atoms with van der Waals surface area (Å²) in [4.78, 5) is 13.6. The minimum atomic E-state index is -0.276. The van der Waals surface area contributed by atoms with Crippen LogP contribution in [0.5, 0.6) is 0 Å². The molecule has 0 spiro atoms. The molecule has 0 fully saturated rings. The summed E-state index contributed by atoms with van der Waals surface area (Å²) in [7, 11) is 0. The highest BCUT2D eigenvalue weighted by atomic mass is 35.5. The Balaban J connectivity index is 0.0000151. The summed E-state index contributed by atoms with van der Waals surface area (Å²) in [6.07, 6.45) is 34.5. The number of ether oxygens (including phenoxy) is 2. The van der Waals surface area contributed by atoms with Crippen molar-refractivity contribution in [3.05, 3.63) is 48.0 Å². The van der Waals surface area contributed by atoms with Crippen LogP contribution >= 0.6 is 24.8 Å². The summed E-state index contributed by atoms with van der Waals surface area (Å²) >= 11 is 0. The SMILES string of the molecule is CCCCCCCCCCCCCCOCC(CNC(=O)[C@H](CCCCN)NCc1ccc2ccccc2c1)OCCCCCCCCCCCCCC.Cl.Cl. The van der Waals surface area contributed by atoms with Crippen molar-refractivity contribution < 1.29 is 14.3 Å². The van der Waals surface area contributed by atoms with Crippen LogP contribution in [-0.4, -0.2) is 51.0 Å². The molecular formula is C48H87Cl2N3O3. The molecular weight excluding hydrogens is 737 g/mol. The van der Waals surface area contributed by atoms with Crippen molar-refractivity contribution in [3.63, 3.8) is 0 Å². The number of rotatable bonds is 39. The number of nitrogens with one attached hydrogen (secondary N) is 2. The maximum absolute atomic E-state index is 13.6. The number of hydrogen-bond donors (Lipinski definition) is 3. The number of halogens is 2. The quantitative estimate of drug-likeness (QED) is 0.0585. The van der Waals surface area contributed by atoms with Crippen LogP contribution in [0.25, 0.3) is 10.8 Å². The van der Waals surface area contributed by atoms with Crippen LogP contribution in [0.1, 0.15) is 193 Å². The van der Waals surface area contributed by atoms with Gasteiger partial charge in [-0.25, -0.2) is 0 Å². The van der Waals surface area contributed by atoms with Gasteiger partial charge in [0.25, 0.3) is 0 Å². The average molecular weight is 825 g/mol. The Labute approximate surface area is 357 Å². The molecule has 2 rings (SSSR count). The van der Waals surface area contributed by atoms with E-state index in [0.29, 0.717) is 26.2 Å². The van der Waals surface area contributed by atoms with Crippen molar-refractivity contribution in [1.29, 1.82) is 0 Å². The minimum Gasteiger partial charge on any atom is -0.379 e. The molecule has 2 aromatic rings. The third kappa shape index (κ3) is 29.8. The normalized spacial score (nSPS) is 12.3. The number of amides is 1. The van der Waals surface area contributed by atoms with Gasteiger partial charge in [0.15, 0.2) is 0 Å². The Hall–Kier alpha value is -1.41. The van der Waals surface area contributed by atoms with Crippen LogP contribution in [-0.2, 0) is 20.8 Å². The van der Waals surface area contributed by atoms with Gasteiger partial charge in [0, 0.05) is 26.3 Å². The Kier molecular flexibility index (Phi) is 39.4. The van der Waals surface area contributed by atoms with Crippen LogP contribution in [0.3, 0.4) is 0 Å². The molecule has 0 bridgehead atoms. The van der Waals surface area contributed by atoms with E-state index in [-0.39, 0.29) is 42.9 Å². The van der Waals surface area contributed by atoms with E-state index in [4.69, 9.17) is 15.2 Å². The van der Waals surface area contributed by atoms with Crippen molar-refractivity contribution in [1.82, 2.24) is 10.6 Å². The van der Waals surface area contributed by atoms with Crippen molar-refractivity contribution in [3.8, 4) is 0 Å². The van der Waals surface area contributed by atoms with E-state index in [1.807, 2.05) is 0 Å². The van der Waals surface area contributed by atoms with Crippen molar-refractivity contribution in [2.45, 2.75) is 206 Å². The maximum atomic E-state index is 13.6. The van der Waals surface area contributed by atoms with Crippen LogP contribution in [0.15, 0.2) is 42.5 Å². The maximum Gasteiger partial charge on any atom is 0.237 e. The Bertz CT molecular complexity index is 1140. The lowest BCUT2D eigenvalue weighted by atomic mass is 10.1. The Morgan fingerprint density at radius 2 is 1.11 bits per heavy atom. The first-order chi connectivity index (χ1) is 26.7. The molecule has 2 atom stereocenters. The van der Waals surface area contributed by atoms with Crippen molar-refractivity contribution in [2.75, 3.05) is 32.9 Å². The Morgan fingerprint density at radius 1 is 0.607 bits per heavy atom. The lowest BCUT2D eigenvalue weighted by Gasteiger charge is -2.22. The number of carbonyl (C=O) groups is 1. The first kappa shape index (κ1) is 54.6. The summed E-state index contributed by atoms with van der Waals surface area (Å²) < 4.78 is 12.5. The highest BCUT2D eigenvalue weighted by molar-refractivity contribution is 5.86. The molecule has 0 saturated heterocycles. The van der Waals surface area contributed by atoms with Crippen LogP contribution < -0.4 is 16.4 Å². The second-order valence-corrected chi connectivity index (χ2v) is 16.0. The fraction of sp³-hybridized carbons (Fsp3) is 0.771. The van der Waals surface area contributed by atoms with Gasteiger partial charge in [-0.15, -0.1) is 24.8 Å². The van der Waals surface area contributed by atoms with E-state index in [1.165, 1.54) is 158 Å². The minimum absolute atomic E-state index is 0. The molecule has 1 unspecified atom stereocenters. The lowest BCUT2D eigenvalue weighted by Crippen LogP contribution is -2.47. The second kappa shape index (κ2) is 40.4. The second-order valence-electron chi connectivity index (χ2n) is 16.0. The predicted molar refractivity (Wildman–Crippen MR) is 248 cm³/mol. The van der Waals surface area contributed by atoms with Gasteiger partial charge in [-0.2, -0.15) is 0 Å². The van der Waals surface area contributed by atoms with Gasteiger partial charge < -0.3 is 25.8 Å². The first-order valence-electron chi connectivity index (χ1n) is 23.1. The first-order valence-corrected chi connectivity index (χ1v) is 23.1. The Morgan fingerprint density at radius 3 is 1.64 bits per heavy atom. The van der Waals surface area contributed by atoms with E-state index in [0.717, 1.165) is 45.3 Å². The molecule has 0 radical (unpaired) electrons. The number of benzene rings is 2. The topological polar surface area (TPSA) is 85.6 Å². The number of carbonyl (C=O) groups excluding carboxylic acids is 1. The number of hydrogen-bond acceptors (Lipinski definition) is 5. The van der Waals surface area contributed by atoms with Crippen molar-refractivity contribution >= 4 is 41.5 Å². The highest BCUT2D eigenvalue weighted by Gasteiger charge is 2.20. The van der Waals surface area contributed by atoms with Crippen LogP contribution in [0.2, 0.25) is 0 Å². The highest BCUT2D eigenvalue weighted by Crippen LogP contribution is 2.17. The van der Waals surface area contributed by atoms with Gasteiger partial charge in [-0.1, -0.05) is 198 Å². The van der Waals surface area contributed by atoms with E-state index < -0.39 is 0 Å². The molecule has 1 amide bonds. The third-order valence-electron chi connectivity index (χ3n) is 10.9. The molecule has 56 heavy (non-hydrogen) atoms. The zero-order valence-electron chi connectivity index (χ0n) is 36.1. The lowest BCUT2D eigenvalue weighted by molar-refractivity contribution is -0.124. The molecule has 0 heterocycles. The third-order valence-corrected chi connectivity index (χ3v) is 10.9. The van der Waals surface area contributed by atoms with Gasteiger partial charge >= 0.3 is 0 Å². The van der Waals surface area contributed by atoms with Gasteiger partial charge in [0.05, 0.1) is 18.8 Å². The summed E-state index contributed by atoms with van der Waals surface area (Å²) in [5.41, 5.74) is 6.99. The van der Waals surface area contributed by atoms with E-state index >= 15 is 0 Å². The summed E-state index contributed by atoms with van der Waals surface area (Å²) in [6.45, 7) is 8.34. The zero-order valence-corrected chi connectivity index (χ0v) is 37.8. The smallest absolute Gasteiger partial charge is 0.237 e. The zero-order chi connectivity index (χ0) is 38.6. The average Bonchev–Trinajstić information content (AvgIpc) is 3.19. The molecule has 0 aliphatic carbocycles. The van der Waals surface area contributed by atoms with Gasteiger partial charge in [-0.3, -0.25) is 4.79 Å². The summed E-state index contributed by atoms with van der Waals surface area (Å²) in [6, 6.07) is 14.7. The molecule has 6 nitrogen and oxygen atoms in total.